The van der Waals surface area contributed by atoms with Gasteiger partial charge < -0.3 is 14.2 Å². The Balaban J connectivity index is 1.52. The van der Waals surface area contributed by atoms with Crippen LogP contribution in [0.3, 0.4) is 0 Å². The molecule has 3 rings (SSSR count). The Kier molecular flexibility index (Phi) is 9.24. The van der Waals surface area contributed by atoms with Gasteiger partial charge >= 0.3 is 5.97 Å². The van der Waals surface area contributed by atoms with E-state index in [1.807, 2.05) is 43.3 Å². The van der Waals surface area contributed by atoms with E-state index in [0.29, 0.717) is 32.7 Å². The molecule has 0 spiro atoms. The Morgan fingerprint density at radius 1 is 0.794 bits per heavy atom. The third-order valence-corrected chi connectivity index (χ3v) is 6.99. The fourth-order valence-electron chi connectivity index (χ4n) is 3.44. The lowest BCUT2D eigenvalue weighted by atomic mass is 10.1. The van der Waals surface area contributed by atoms with Gasteiger partial charge in [-0.25, -0.2) is 13.2 Å². The van der Waals surface area contributed by atoms with Crippen LogP contribution in [-0.2, 0) is 36.9 Å². The lowest BCUT2D eigenvalue weighted by Gasteiger charge is -2.15. The molecule has 3 aromatic carbocycles. The van der Waals surface area contributed by atoms with E-state index in [2.05, 4.69) is 0 Å². The van der Waals surface area contributed by atoms with Crippen molar-refractivity contribution in [2.45, 2.75) is 42.6 Å². The van der Waals surface area contributed by atoms with E-state index in [1.54, 1.807) is 49.4 Å². The van der Waals surface area contributed by atoms with E-state index >= 15 is 0 Å². The van der Waals surface area contributed by atoms with Gasteiger partial charge in [0, 0.05) is 19.4 Å². The van der Waals surface area contributed by atoms with Crippen molar-refractivity contribution in [3.63, 3.8) is 0 Å². The van der Waals surface area contributed by atoms with Gasteiger partial charge in [-0.15, -0.1) is 0 Å². The number of sulfone groups is 1. The number of rotatable bonds is 12. The largest absolute Gasteiger partial charge is 0.493 e. The zero-order chi connectivity index (χ0) is 24.4. The van der Waals surface area contributed by atoms with Crippen molar-refractivity contribution in [3.05, 3.63) is 90.0 Å². The van der Waals surface area contributed by atoms with Crippen LogP contribution in [-0.4, -0.2) is 40.3 Å². The molecule has 1 unspecified atom stereocenters. The van der Waals surface area contributed by atoms with Crippen molar-refractivity contribution < 1.29 is 27.4 Å². The van der Waals surface area contributed by atoms with Crippen molar-refractivity contribution in [1.82, 2.24) is 0 Å². The molecule has 0 fully saturated rings. The second kappa shape index (κ2) is 12.3. The van der Waals surface area contributed by atoms with Crippen LogP contribution in [0.25, 0.3) is 0 Å². The van der Waals surface area contributed by atoms with Gasteiger partial charge in [-0.05, 0) is 61.4 Å². The Labute approximate surface area is 201 Å². The van der Waals surface area contributed by atoms with Gasteiger partial charge in [-0.3, -0.25) is 0 Å². The van der Waals surface area contributed by atoms with E-state index in [4.69, 9.17) is 14.2 Å². The van der Waals surface area contributed by atoms with Crippen molar-refractivity contribution in [1.29, 1.82) is 0 Å². The highest BCUT2D eigenvalue weighted by Crippen LogP contribution is 2.21. The molecule has 0 saturated carbocycles. The van der Waals surface area contributed by atoms with Gasteiger partial charge in [0.1, 0.15) is 5.75 Å². The number of carbonyl (C=O) groups excluding carboxylic acids is 1. The first-order chi connectivity index (χ1) is 16.4. The summed E-state index contributed by atoms with van der Waals surface area (Å²) < 4.78 is 41.8. The third kappa shape index (κ3) is 6.92. The molecule has 0 aliphatic rings. The number of ether oxygens (including phenoxy) is 3. The molecule has 0 aromatic heterocycles. The summed E-state index contributed by atoms with van der Waals surface area (Å²) in [6.45, 7) is 4.83. The van der Waals surface area contributed by atoms with Crippen LogP contribution in [0.4, 0.5) is 0 Å². The molecule has 3 aromatic rings. The van der Waals surface area contributed by atoms with Gasteiger partial charge in [0.25, 0.3) is 0 Å². The minimum absolute atomic E-state index is 0.270. The van der Waals surface area contributed by atoms with Gasteiger partial charge in [0.2, 0.25) is 9.84 Å². The summed E-state index contributed by atoms with van der Waals surface area (Å²) in [5.41, 5.74) is 1.94. The van der Waals surface area contributed by atoms with Crippen LogP contribution in [0.2, 0.25) is 0 Å². The molecule has 0 heterocycles. The summed E-state index contributed by atoms with van der Waals surface area (Å²) in [5, 5.41) is 0. The topological polar surface area (TPSA) is 78.9 Å². The van der Waals surface area contributed by atoms with Crippen LogP contribution in [0.1, 0.15) is 25.0 Å². The number of esters is 1. The fourth-order valence-corrected chi connectivity index (χ4v) is 4.72. The summed E-state index contributed by atoms with van der Waals surface area (Å²) >= 11 is 0. The van der Waals surface area contributed by atoms with Crippen molar-refractivity contribution >= 4 is 15.8 Å². The van der Waals surface area contributed by atoms with E-state index in [-0.39, 0.29) is 15.8 Å². The highest BCUT2D eigenvalue weighted by Gasteiger charge is 2.20. The second-order valence-corrected chi connectivity index (χ2v) is 9.55. The summed E-state index contributed by atoms with van der Waals surface area (Å²) in [5.74, 6) is 0.364. The van der Waals surface area contributed by atoms with E-state index in [0.717, 1.165) is 16.9 Å². The Hall–Kier alpha value is -3.16. The summed E-state index contributed by atoms with van der Waals surface area (Å²) in [6, 6.07) is 22.8. The molecule has 0 saturated heterocycles. The molecule has 1 atom stereocenters. The first-order valence-corrected chi connectivity index (χ1v) is 12.8. The fraction of sp³-hybridized carbons (Fsp3) is 0.296. The normalized spacial score (nSPS) is 12.2. The molecule has 0 aliphatic carbocycles. The van der Waals surface area contributed by atoms with Crippen molar-refractivity contribution in [2.24, 2.45) is 0 Å². The van der Waals surface area contributed by atoms with Crippen LogP contribution >= 0.6 is 0 Å². The highest BCUT2D eigenvalue weighted by molar-refractivity contribution is 7.91. The molecule has 0 radical (unpaired) electrons. The average Bonchev–Trinajstić information content (AvgIpc) is 2.86. The number of hydrogen-bond donors (Lipinski definition) is 0. The predicted octanol–water partition coefficient (Wildman–Crippen LogP) is 4.65. The van der Waals surface area contributed by atoms with Crippen molar-refractivity contribution in [2.75, 3.05) is 19.8 Å². The maximum Gasteiger partial charge on any atom is 0.335 e. The standard InChI is InChI=1S/C27H30O6S/c1-3-31-26(27(28)32-4-2)20-22-10-14-23(15-11-22)33-19-18-21-12-16-25(17-13-21)34(29,30)24-8-6-5-7-9-24/h5-17,26H,3-4,18-20H2,1-2H3. The minimum atomic E-state index is -3.51. The third-order valence-electron chi connectivity index (χ3n) is 5.21. The number of hydrogen-bond acceptors (Lipinski definition) is 6. The van der Waals surface area contributed by atoms with Crippen LogP contribution in [0.5, 0.6) is 5.75 Å². The molecule has 6 nitrogen and oxygen atoms in total. The van der Waals surface area contributed by atoms with E-state index in [1.165, 1.54) is 0 Å². The molecule has 0 aliphatic heterocycles. The number of carbonyl (C=O) groups is 1. The van der Waals surface area contributed by atoms with E-state index < -0.39 is 15.9 Å². The summed E-state index contributed by atoms with van der Waals surface area (Å²) in [4.78, 5) is 12.6. The SMILES string of the molecule is CCOC(=O)C(Cc1ccc(OCCc2ccc(S(=O)(=O)c3ccccc3)cc2)cc1)OCC. The number of benzene rings is 3. The second-order valence-electron chi connectivity index (χ2n) is 7.60. The van der Waals surface area contributed by atoms with Gasteiger partial charge in [0.05, 0.1) is 23.0 Å². The average molecular weight is 483 g/mol. The summed E-state index contributed by atoms with van der Waals surface area (Å²) in [7, 11) is -3.51. The van der Waals surface area contributed by atoms with E-state index in [9.17, 15) is 13.2 Å². The molecular weight excluding hydrogens is 452 g/mol. The van der Waals surface area contributed by atoms with Crippen LogP contribution in [0.15, 0.2) is 88.7 Å². The maximum absolute atomic E-state index is 12.7. The van der Waals surface area contributed by atoms with Gasteiger partial charge in [-0.2, -0.15) is 0 Å². The highest BCUT2D eigenvalue weighted by atomic mass is 32.2. The minimum Gasteiger partial charge on any atom is -0.493 e. The zero-order valence-electron chi connectivity index (χ0n) is 19.5. The first kappa shape index (κ1) is 25.5. The Morgan fingerprint density at radius 2 is 1.41 bits per heavy atom. The quantitative estimate of drug-likeness (QED) is 0.350. The molecular formula is C27H30O6S. The maximum atomic E-state index is 12.7. The molecule has 0 bridgehead atoms. The first-order valence-electron chi connectivity index (χ1n) is 11.3. The molecule has 0 N–H and O–H groups in total. The van der Waals surface area contributed by atoms with Gasteiger partial charge in [0.15, 0.2) is 6.10 Å². The Morgan fingerprint density at radius 3 is 2.03 bits per heavy atom. The van der Waals surface area contributed by atoms with Crippen LogP contribution < -0.4 is 4.74 Å². The lowest BCUT2D eigenvalue weighted by molar-refractivity contribution is -0.156. The van der Waals surface area contributed by atoms with Crippen molar-refractivity contribution in [3.8, 4) is 5.75 Å². The molecule has 7 heteroatoms. The Bertz CT molecular complexity index is 1140. The monoisotopic (exact) mass is 482 g/mol. The smallest absolute Gasteiger partial charge is 0.335 e. The predicted molar refractivity (Wildman–Crippen MR) is 130 cm³/mol. The van der Waals surface area contributed by atoms with Gasteiger partial charge in [-0.1, -0.05) is 42.5 Å². The zero-order valence-corrected chi connectivity index (χ0v) is 20.3. The molecule has 180 valence electrons. The lowest BCUT2D eigenvalue weighted by Crippen LogP contribution is -2.28. The molecule has 0 amide bonds. The van der Waals surface area contributed by atoms with Crippen LogP contribution in [0, 0.1) is 0 Å². The summed E-state index contributed by atoms with van der Waals surface area (Å²) in [6.07, 6.45) is 0.457. The molecule has 34 heavy (non-hydrogen) atoms.